The Labute approximate surface area is 203 Å². The van der Waals surface area contributed by atoms with Crippen LogP contribution in [0.1, 0.15) is 47.8 Å². The fourth-order valence-electron chi connectivity index (χ4n) is 5.28. The van der Waals surface area contributed by atoms with Gasteiger partial charge in [-0.15, -0.1) is 0 Å². The Morgan fingerprint density at radius 1 is 0.886 bits per heavy atom. The molecule has 7 heteroatoms. The molecule has 184 valence electrons. The molecule has 2 heterocycles. The minimum absolute atomic E-state index is 0.0421. The van der Waals surface area contributed by atoms with E-state index in [-0.39, 0.29) is 36.1 Å². The molecule has 0 fully saturated rings. The van der Waals surface area contributed by atoms with Crippen molar-refractivity contribution >= 4 is 0 Å². The fraction of sp³-hybridized carbons (Fsp3) is 0.357. The normalized spacial score (nSPS) is 21.2. The van der Waals surface area contributed by atoms with Crippen molar-refractivity contribution in [1.29, 1.82) is 0 Å². The average Bonchev–Trinajstić information content (AvgIpc) is 2.85. The van der Waals surface area contributed by atoms with Crippen LogP contribution in [-0.4, -0.2) is 36.6 Å². The third-order valence-corrected chi connectivity index (χ3v) is 6.91. The molecule has 2 N–H and O–H groups in total. The smallest absolute Gasteiger partial charge is 0.163 e. The maximum Gasteiger partial charge on any atom is 0.163 e. The minimum atomic E-state index is -0.474. The molecule has 0 aromatic heterocycles. The van der Waals surface area contributed by atoms with E-state index in [4.69, 9.17) is 18.9 Å². The molecule has 3 aromatic carbocycles. The lowest BCUT2D eigenvalue weighted by atomic mass is 9.81. The van der Waals surface area contributed by atoms with Crippen LogP contribution in [0.25, 0.3) is 11.1 Å². The molecule has 35 heavy (non-hydrogen) atoms. The lowest BCUT2D eigenvalue weighted by Gasteiger charge is -2.35. The van der Waals surface area contributed by atoms with E-state index in [0.717, 1.165) is 33.4 Å². The fourth-order valence-corrected chi connectivity index (χ4v) is 5.28. The van der Waals surface area contributed by atoms with Gasteiger partial charge in [-0.1, -0.05) is 12.1 Å². The van der Waals surface area contributed by atoms with Gasteiger partial charge in [0.15, 0.2) is 11.5 Å². The first-order valence-corrected chi connectivity index (χ1v) is 11.7. The van der Waals surface area contributed by atoms with Gasteiger partial charge >= 0.3 is 0 Å². The first-order valence-electron chi connectivity index (χ1n) is 11.7. The van der Waals surface area contributed by atoms with Crippen LogP contribution in [0.15, 0.2) is 36.4 Å². The molecule has 0 bridgehead atoms. The van der Waals surface area contributed by atoms with Gasteiger partial charge in [-0.25, -0.2) is 4.39 Å². The van der Waals surface area contributed by atoms with Gasteiger partial charge in [0, 0.05) is 22.8 Å². The number of hydrogen-bond acceptors (Lipinski definition) is 6. The number of methoxy groups -OCH3 is 2. The highest BCUT2D eigenvalue weighted by Gasteiger charge is 2.35. The Morgan fingerprint density at radius 3 is 2.26 bits per heavy atom. The zero-order valence-electron chi connectivity index (χ0n) is 20.2. The van der Waals surface area contributed by atoms with Crippen LogP contribution < -0.4 is 9.47 Å². The first-order chi connectivity index (χ1) is 16.8. The SMILES string of the molecule is COc1cc(OC)c2c(c1-c1cc(O)c(O)c3c1CC(C)OC3)CC(C)OC2c1ccc(F)cc1. The molecule has 3 aromatic rings. The van der Waals surface area contributed by atoms with Gasteiger partial charge in [0.05, 0.1) is 33.0 Å². The number of aromatic hydroxyl groups is 2. The van der Waals surface area contributed by atoms with Crippen LogP contribution in [0.3, 0.4) is 0 Å². The first kappa shape index (κ1) is 23.5. The highest BCUT2D eigenvalue weighted by Crippen LogP contribution is 2.51. The van der Waals surface area contributed by atoms with Gasteiger partial charge in [-0.3, -0.25) is 0 Å². The number of halogens is 1. The van der Waals surface area contributed by atoms with E-state index in [1.807, 2.05) is 19.9 Å². The van der Waals surface area contributed by atoms with E-state index in [1.54, 1.807) is 32.4 Å². The number of fused-ring (bicyclic) bond motifs is 2. The molecular weight excluding hydrogens is 451 g/mol. The Kier molecular flexibility index (Phi) is 6.07. The summed E-state index contributed by atoms with van der Waals surface area (Å²) in [6.45, 7) is 4.19. The molecule has 5 rings (SSSR count). The van der Waals surface area contributed by atoms with Crippen molar-refractivity contribution in [2.75, 3.05) is 14.2 Å². The Balaban J connectivity index is 1.82. The molecular formula is C28H29FO6. The maximum atomic E-state index is 13.7. The van der Waals surface area contributed by atoms with E-state index < -0.39 is 6.10 Å². The summed E-state index contributed by atoms with van der Waals surface area (Å²) in [5.74, 6) is 0.522. The second-order valence-electron chi connectivity index (χ2n) is 9.21. The van der Waals surface area contributed by atoms with Crippen LogP contribution >= 0.6 is 0 Å². The van der Waals surface area contributed by atoms with E-state index in [2.05, 4.69) is 0 Å². The molecule has 0 amide bonds. The predicted molar refractivity (Wildman–Crippen MR) is 129 cm³/mol. The number of rotatable bonds is 4. The van der Waals surface area contributed by atoms with Crippen LogP contribution in [0, 0.1) is 5.82 Å². The van der Waals surface area contributed by atoms with E-state index in [0.29, 0.717) is 29.9 Å². The Morgan fingerprint density at radius 2 is 1.57 bits per heavy atom. The summed E-state index contributed by atoms with van der Waals surface area (Å²) in [4.78, 5) is 0. The molecule has 0 saturated heterocycles. The lowest BCUT2D eigenvalue weighted by molar-refractivity contribution is 0.00596. The molecule has 0 spiro atoms. The van der Waals surface area contributed by atoms with Crippen LogP contribution in [0.5, 0.6) is 23.0 Å². The molecule has 6 nitrogen and oxygen atoms in total. The number of phenolic OH excluding ortho intramolecular Hbond substituents is 2. The monoisotopic (exact) mass is 480 g/mol. The number of ether oxygens (including phenoxy) is 4. The van der Waals surface area contributed by atoms with Crippen LogP contribution in [-0.2, 0) is 28.9 Å². The summed E-state index contributed by atoms with van der Waals surface area (Å²) in [6, 6.07) is 9.71. The summed E-state index contributed by atoms with van der Waals surface area (Å²) >= 11 is 0. The van der Waals surface area contributed by atoms with Crippen molar-refractivity contribution in [1.82, 2.24) is 0 Å². The van der Waals surface area contributed by atoms with Crippen molar-refractivity contribution in [2.24, 2.45) is 0 Å². The predicted octanol–water partition coefficient (Wildman–Crippen LogP) is 5.43. The van der Waals surface area contributed by atoms with Gasteiger partial charge < -0.3 is 29.2 Å². The summed E-state index contributed by atoms with van der Waals surface area (Å²) in [6.07, 6.45) is 0.503. The molecule has 0 aliphatic carbocycles. The highest BCUT2D eigenvalue weighted by molar-refractivity contribution is 5.83. The summed E-state index contributed by atoms with van der Waals surface area (Å²) in [5, 5.41) is 21.2. The van der Waals surface area contributed by atoms with E-state index in [9.17, 15) is 14.6 Å². The average molecular weight is 481 g/mol. The largest absolute Gasteiger partial charge is 0.504 e. The van der Waals surface area contributed by atoms with Gasteiger partial charge in [-0.05, 0) is 67.1 Å². The third kappa shape index (κ3) is 3.98. The minimum Gasteiger partial charge on any atom is -0.504 e. The quantitative estimate of drug-likeness (QED) is 0.485. The second-order valence-corrected chi connectivity index (χ2v) is 9.21. The molecule has 2 aliphatic rings. The number of phenols is 2. The van der Waals surface area contributed by atoms with Gasteiger partial charge in [0.25, 0.3) is 0 Å². The standard InChI is InChI=1S/C28H29FO6/c1-14-9-18-19(11-22(30)27(31)21(18)13-34-14)25-20-10-15(2)35-28(16-5-7-17(29)8-6-16)26(20)24(33-4)12-23(25)32-3/h5-8,11-12,14-15,28,30-31H,9-10,13H2,1-4H3. The van der Waals surface area contributed by atoms with E-state index in [1.165, 1.54) is 12.1 Å². The Hall–Kier alpha value is -3.29. The summed E-state index contributed by atoms with van der Waals surface area (Å²) < 4.78 is 37.4. The van der Waals surface area contributed by atoms with Crippen LogP contribution in [0.4, 0.5) is 4.39 Å². The van der Waals surface area contributed by atoms with Crippen molar-refractivity contribution in [3.05, 3.63) is 70.0 Å². The van der Waals surface area contributed by atoms with E-state index >= 15 is 0 Å². The number of hydrogen-bond donors (Lipinski definition) is 2. The van der Waals surface area contributed by atoms with Crippen LogP contribution in [0.2, 0.25) is 0 Å². The molecule has 3 atom stereocenters. The molecule has 2 aliphatic heterocycles. The van der Waals surface area contributed by atoms with Crippen molar-refractivity contribution in [3.8, 4) is 34.1 Å². The third-order valence-electron chi connectivity index (χ3n) is 6.91. The van der Waals surface area contributed by atoms with Gasteiger partial charge in [0.2, 0.25) is 0 Å². The lowest BCUT2D eigenvalue weighted by Crippen LogP contribution is -2.26. The highest BCUT2D eigenvalue weighted by atomic mass is 19.1. The van der Waals surface area contributed by atoms with Crippen molar-refractivity contribution in [3.63, 3.8) is 0 Å². The topological polar surface area (TPSA) is 77.4 Å². The molecule has 0 saturated carbocycles. The Bertz CT molecular complexity index is 1270. The second kappa shape index (κ2) is 9.06. The zero-order chi connectivity index (χ0) is 24.9. The zero-order valence-corrected chi connectivity index (χ0v) is 20.2. The molecule has 3 unspecified atom stereocenters. The molecule has 0 radical (unpaired) electrons. The summed E-state index contributed by atoms with van der Waals surface area (Å²) in [7, 11) is 3.20. The van der Waals surface area contributed by atoms with Gasteiger partial charge in [0.1, 0.15) is 23.4 Å². The number of benzene rings is 3. The van der Waals surface area contributed by atoms with Crippen molar-refractivity contribution in [2.45, 2.75) is 51.6 Å². The van der Waals surface area contributed by atoms with Crippen molar-refractivity contribution < 1.29 is 33.6 Å². The maximum absolute atomic E-state index is 13.7. The van der Waals surface area contributed by atoms with Gasteiger partial charge in [-0.2, -0.15) is 0 Å². The summed E-state index contributed by atoms with van der Waals surface area (Å²) in [5.41, 5.74) is 5.74.